The molecule has 0 aliphatic heterocycles. The zero-order valence-electron chi connectivity index (χ0n) is 12.5. The predicted octanol–water partition coefficient (Wildman–Crippen LogP) is 2.81. The molecule has 0 bridgehead atoms. The summed E-state index contributed by atoms with van der Waals surface area (Å²) in [4.78, 5) is 12.7. The molecule has 20 heavy (non-hydrogen) atoms. The average Bonchev–Trinajstić information content (AvgIpc) is 2.85. The Morgan fingerprint density at radius 1 is 1.35 bits per heavy atom. The fourth-order valence-corrected chi connectivity index (χ4v) is 3.07. The standard InChI is InChI=1S/C17H26N2O/c1-3-12(2)16(13-8-5-4-6-9-13)17(20)19-15-11-7-10-14(15)18/h4-6,8-9,12,14-16H,3,7,10-11,18H2,1-2H3,(H,19,20). The molecule has 3 N–H and O–H groups in total. The van der Waals surface area contributed by atoms with Crippen molar-refractivity contribution < 1.29 is 4.79 Å². The van der Waals surface area contributed by atoms with Gasteiger partial charge >= 0.3 is 0 Å². The second kappa shape index (κ2) is 6.89. The number of nitrogens with two attached hydrogens (primary N) is 1. The van der Waals surface area contributed by atoms with Crippen molar-refractivity contribution in [2.24, 2.45) is 11.7 Å². The Morgan fingerprint density at radius 2 is 2.05 bits per heavy atom. The Kier molecular flexibility index (Phi) is 5.18. The van der Waals surface area contributed by atoms with Crippen molar-refractivity contribution in [1.29, 1.82) is 0 Å². The van der Waals surface area contributed by atoms with Gasteiger partial charge in [-0.3, -0.25) is 4.79 Å². The van der Waals surface area contributed by atoms with E-state index in [1.54, 1.807) is 0 Å². The number of hydrogen-bond acceptors (Lipinski definition) is 2. The molecule has 1 aliphatic rings. The van der Waals surface area contributed by atoms with Gasteiger partial charge in [-0.25, -0.2) is 0 Å². The molecular weight excluding hydrogens is 248 g/mol. The van der Waals surface area contributed by atoms with Gasteiger partial charge in [0.1, 0.15) is 0 Å². The molecule has 110 valence electrons. The maximum Gasteiger partial charge on any atom is 0.228 e. The minimum Gasteiger partial charge on any atom is -0.351 e. The van der Waals surface area contributed by atoms with E-state index in [1.165, 1.54) is 0 Å². The SMILES string of the molecule is CCC(C)C(C(=O)NC1CCCC1N)c1ccccc1. The monoisotopic (exact) mass is 274 g/mol. The van der Waals surface area contributed by atoms with Crippen LogP contribution in [0.3, 0.4) is 0 Å². The predicted molar refractivity (Wildman–Crippen MR) is 82.4 cm³/mol. The number of nitrogens with one attached hydrogen (secondary N) is 1. The number of rotatable bonds is 5. The number of carbonyl (C=O) groups excluding carboxylic acids is 1. The summed E-state index contributed by atoms with van der Waals surface area (Å²) in [5.41, 5.74) is 7.16. The summed E-state index contributed by atoms with van der Waals surface area (Å²) in [6.45, 7) is 4.28. The first-order valence-electron chi connectivity index (χ1n) is 7.74. The maximum absolute atomic E-state index is 12.7. The number of amides is 1. The van der Waals surface area contributed by atoms with Crippen molar-refractivity contribution >= 4 is 5.91 Å². The van der Waals surface area contributed by atoms with Crippen LogP contribution in [0.4, 0.5) is 0 Å². The Bertz CT molecular complexity index is 432. The van der Waals surface area contributed by atoms with E-state index in [4.69, 9.17) is 5.73 Å². The number of carbonyl (C=O) groups is 1. The molecular formula is C17H26N2O. The van der Waals surface area contributed by atoms with Crippen LogP contribution in [0.1, 0.15) is 51.0 Å². The molecule has 3 heteroatoms. The molecule has 1 amide bonds. The van der Waals surface area contributed by atoms with Gasteiger partial charge in [-0.05, 0) is 30.7 Å². The van der Waals surface area contributed by atoms with Crippen LogP contribution in [0.25, 0.3) is 0 Å². The Balaban J connectivity index is 2.12. The smallest absolute Gasteiger partial charge is 0.228 e. The molecule has 3 nitrogen and oxygen atoms in total. The lowest BCUT2D eigenvalue weighted by molar-refractivity contribution is -0.124. The highest BCUT2D eigenvalue weighted by Crippen LogP contribution is 2.28. The second-order valence-corrected chi connectivity index (χ2v) is 5.98. The third-order valence-electron chi connectivity index (χ3n) is 4.55. The molecule has 1 aromatic rings. The number of benzene rings is 1. The molecule has 0 heterocycles. The van der Waals surface area contributed by atoms with Crippen molar-refractivity contribution in [3.05, 3.63) is 35.9 Å². The van der Waals surface area contributed by atoms with Crippen LogP contribution in [0.15, 0.2) is 30.3 Å². The quantitative estimate of drug-likeness (QED) is 0.867. The minimum absolute atomic E-state index is 0.0750. The Hall–Kier alpha value is -1.35. The van der Waals surface area contributed by atoms with Gasteiger partial charge in [0.05, 0.1) is 5.92 Å². The molecule has 4 unspecified atom stereocenters. The third kappa shape index (κ3) is 3.40. The minimum atomic E-state index is -0.0750. The molecule has 1 fully saturated rings. The van der Waals surface area contributed by atoms with Gasteiger partial charge in [-0.1, -0.05) is 50.6 Å². The molecule has 0 radical (unpaired) electrons. The lowest BCUT2D eigenvalue weighted by Crippen LogP contribution is -2.46. The molecule has 1 aromatic carbocycles. The van der Waals surface area contributed by atoms with Gasteiger partial charge in [0.15, 0.2) is 0 Å². The fourth-order valence-electron chi connectivity index (χ4n) is 3.07. The molecule has 4 atom stereocenters. The molecule has 0 spiro atoms. The first kappa shape index (κ1) is 15.0. The van der Waals surface area contributed by atoms with E-state index in [0.717, 1.165) is 31.2 Å². The molecule has 0 aromatic heterocycles. The topological polar surface area (TPSA) is 55.1 Å². The Labute approximate surface area is 121 Å². The van der Waals surface area contributed by atoms with Gasteiger partial charge in [0, 0.05) is 12.1 Å². The van der Waals surface area contributed by atoms with Crippen LogP contribution in [0.5, 0.6) is 0 Å². The molecule has 1 aliphatic carbocycles. The van der Waals surface area contributed by atoms with Crippen LogP contribution in [-0.4, -0.2) is 18.0 Å². The summed E-state index contributed by atoms with van der Waals surface area (Å²) in [6.07, 6.45) is 4.13. The average molecular weight is 274 g/mol. The summed E-state index contributed by atoms with van der Waals surface area (Å²) in [7, 11) is 0. The fraction of sp³-hybridized carbons (Fsp3) is 0.588. The van der Waals surface area contributed by atoms with Crippen LogP contribution in [0, 0.1) is 5.92 Å². The van der Waals surface area contributed by atoms with E-state index >= 15 is 0 Å². The van der Waals surface area contributed by atoms with Crippen LogP contribution in [-0.2, 0) is 4.79 Å². The van der Waals surface area contributed by atoms with Crippen LogP contribution in [0.2, 0.25) is 0 Å². The van der Waals surface area contributed by atoms with Crippen LogP contribution >= 0.6 is 0 Å². The maximum atomic E-state index is 12.7. The second-order valence-electron chi connectivity index (χ2n) is 5.98. The third-order valence-corrected chi connectivity index (χ3v) is 4.55. The number of hydrogen-bond donors (Lipinski definition) is 2. The van der Waals surface area contributed by atoms with Gasteiger partial charge in [-0.15, -0.1) is 0 Å². The van der Waals surface area contributed by atoms with Crippen molar-refractivity contribution in [2.75, 3.05) is 0 Å². The van der Waals surface area contributed by atoms with Crippen molar-refractivity contribution in [3.63, 3.8) is 0 Å². The van der Waals surface area contributed by atoms with E-state index in [1.807, 2.05) is 30.3 Å². The van der Waals surface area contributed by atoms with Crippen molar-refractivity contribution in [2.45, 2.75) is 57.5 Å². The first-order valence-corrected chi connectivity index (χ1v) is 7.74. The van der Waals surface area contributed by atoms with Crippen molar-refractivity contribution in [3.8, 4) is 0 Å². The summed E-state index contributed by atoms with van der Waals surface area (Å²) < 4.78 is 0. The highest BCUT2D eigenvalue weighted by Gasteiger charge is 2.31. The highest BCUT2D eigenvalue weighted by molar-refractivity contribution is 5.84. The summed E-state index contributed by atoms with van der Waals surface area (Å²) in [5.74, 6) is 0.386. The van der Waals surface area contributed by atoms with E-state index in [9.17, 15) is 4.79 Å². The van der Waals surface area contributed by atoms with E-state index in [-0.39, 0.29) is 23.9 Å². The Morgan fingerprint density at radius 3 is 2.60 bits per heavy atom. The largest absolute Gasteiger partial charge is 0.351 e. The van der Waals surface area contributed by atoms with Crippen LogP contribution < -0.4 is 11.1 Å². The summed E-state index contributed by atoms with van der Waals surface area (Å²) in [6, 6.07) is 10.3. The zero-order chi connectivity index (χ0) is 14.5. The van der Waals surface area contributed by atoms with E-state index < -0.39 is 0 Å². The van der Waals surface area contributed by atoms with Crippen molar-refractivity contribution in [1.82, 2.24) is 5.32 Å². The lowest BCUT2D eigenvalue weighted by Gasteiger charge is -2.26. The van der Waals surface area contributed by atoms with E-state index in [2.05, 4.69) is 19.2 Å². The molecule has 1 saturated carbocycles. The zero-order valence-corrected chi connectivity index (χ0v) is 12.5. The molecule has 2 rings (SSSR count). The summed E-state index contributed by atoms with van der Waals surface area (Å²) >= 11 is 0. The van der Waals surface area contributed by atoms with Gasteiger partial charge in [0.2, 0.25) is 5.91 Å². The highest BCUT2D eigenvalue weighted by atomic mass is 16.2. The molecule has 0 saturated heterocycles. The first-order chi connectivity index (χ1) is 9.63. The summed E-state index contributed by atoms with van der Waals surface area (Å²) in [5, 5.41) is 3.18. The lowest BCUT2D eigenvalue weighted by atomic mass is 9.84. The van der Waals surface area contributed by atoms with Gasteiger partial charge in [-0.2, -0.15) is 0 Å². The van der Waals surface area contributed by atoms with Gasteiger partial charge in [0.25, 0.3) is 0 Å². The van der Waals surface area contributed by atoms with Gasteiger partial charge < -0.3 is 11.1 Å². The normalized spacial score (nSPS) is 25.1. The van der Waals surface area contributed by atoms with E-state index in [0.29, 0.717) is 5.92 Å².